The van der Waals surface area contributed by atoms with Crippen LogP contribution >= 0.6 is 0 Å². The predicted octanol–water partition coefficient (Wildman–Crippen LogP) is 4.02. The fourth-order valence-electron chi connectivity index (χ4n) is 4.97. The van der Waals surface area contributed by atoms with Crippen molar-refractivity contribution >= 4 is 40.2 Å². The molecule has 1 aliphatic rings. The Hall–Kier alpha value is -2.38. The van der Waals surface area contributed by atoms with E-state index in [-0.39, 0.29) is 18.6 Å². The van der Waals surface area contributed by atoms with Gasteiger partial charge in [0.25, 0.3) is 0 Å². The van der Waals surface area contributed by atoms with E-state index in [0.717, 1.165) is 27.5 Å². The first-order valence-corrected chi connectivity index (χ1v) is 11.3. The van der Waals surface area contributed by atoms with Crippen LogP contribution in [0.15, 0.2) is 42.5 Å². The molecule has 0 saturated carbocycles. The molecule has 170 valence electrons. The standard InChI is InChI=1S/C27H29BO5/c1-27(2,3)17-9-14-5-7-18-16(13-32-25-24(30)21(12-29)33-26(25)28)11-20(31-4)19-8-6-15(10-17)22(14)23(18)19/h5-11,21,24-26,29-30H,12-13H2,1-4H3. The van der Waals surface area contributed by atoms with Gasteiger partial charge < -0.3 is 24.4 Å². The van der Waals surface area contributed by atoms with Gasteiger partial charge in [-0.25, -0.2) is 0 Å². The van der Waals surface area contributed by atoms with E-state index in [9.17, 15) is 10.2 Å². The number of methoxy groups -OCH3 is 1. The van der Waals surface area contributed by atoms with Crippen molar-refractivity contribution in [1.29, 1.82) is 0 Å². The molecule has 4 atom stereocenters. The van der Waals surface area contributed by atoms with E-state index in [1.807, 2.05) is 6.07 Å². The molecule has 1 fully saturated rings. The molecule has 0 amide bonds. The second-order valence-corrected chi connectivity index (χ2v) is 9.97. The van der Waals surface area contributed by atoms with E-state index in [4.69, 9.17) is 22.1 Å². The average molecular weight is 444 g/mol. The fraction of sp³-hybridized carbons (Fsp3) is 0.407. The summed E-state index contributed by atoms with van der Waals surface area (Å²) in [6.45, 7) is 6.61. The minimum absolute atomic E-state index is 0.0521. The van der Waals surface area contributed by atoms with Crippen LogP contribution in [0.2, 0.25) is 0 Å². The van der Waals surface area contributed by atoms with Crippen LogP contribution in [0.25, 0.3) is 32.3 Å². The number of hydrogen-bond donors (Lipinski definition) is 2. The van der Waals surface area contributed by atoms with E-state index in [1.165, 1.54) is 21.7 Å². The van der Waals surface area contributed by atoms with Gasteiger partial charge in [0, 0.05) is 16.8 Å². The van der Waals surface area contributed by atoms with Gasteiger partial charge in [-0.05, 0) is 50.2 Å². The van der Waals surface area contributed by atoms with Gasteiger partial charge in [-0.2, -0.15) is 0 Å². The first kappa shape index (κ1) is 22.4. The Balaban J connectivity index is 1.63. The second kappa shape index (κ2) is 8.14. The quantitative estimate of drug-likeness (QED) is 0.360. The normalized spacial score (nSPS) is 23.8. The smallest absolute Gasteiger partial charge is 0.127 e. The lowest BCUT2D eigenvalue weighted by atomic mass is 9.83. The zero-order valence-corrected chi connectivity index (χ0v) is 19.5. The van der Waals surface area contributed by atoms with Gasteiger partial charge in [-0.3, -0.25) is 0 Å². The number of ether oxygens (including phenoxy) is 3. The molecule has 4 aromatic rings. The van der Waals surface area contributed by atoms with Gasteiger partial charge in [0.15, 0.2) is 0 Å². The molecule has 1 saturated heterocycles. The van der Waals surface area contributed by atoms with Crippen molar-refractivity contribution in [2.75, 3.05) is 13.7 Å². The molecule has 5 nitrogen and oxygen atoms in total. The van der Waals surface area contributed by atoms with Crippen molar-refractivity contribution < 1.29 is 24.4 Å². The van der Waals surface area contributed by atoms with Crippen LogP contribution in [0.4, 0.5) is 0 Å². The Kier molecular flexibility index (Phi) is 5.53. The van der Waals surface area contributed by atoms with E-state index in [0.29, 0.717) is 0 Å². The summed E-state index contributed by atoms with van der Waals surface area (Å²) in [5.41, 5.74) is 2.29. The van der Waals surface area contributed by atoms with Crippen molar-refractivity contribution in [3.8, 4) is 5.75 Å². The lowest BCUT2D eigenvalue weighted by Crippen LogP contribution is -2.36. The highest BCUT2D eigenvalue weighted by molar-refractivity contribution is 6.25. The van der Waals surface area contributed by atoms with Gasteiger partial charge in [-0.1, -0.05) is 51.1 Å². The third kappa shape index (κ3) is 3.66. The fourth-order valence-corrected chi connectivity index (χ4v) is 4.97. The first-order chi connectivity index (χ1) is 15.7. The van der Waals surface area contributed by atoms with Crippen LogP contribution in [0.3, 0.4) is 0 Å². The summed E-state index contributed by atoms with van der Waals surface area (Å²) in [5, 5.41) is 26.7. The highest BCUT2D eigenvalue weighted by Gasteiger charge is 2.41. The maximum atomic E-state index is 10.4. The van der Waals surface area contributed by atoms with Crippen molar-refractivity contribution in [3.63, 3.8) is 0 Å². The van der Waals surface area contributed by atoms with Gasteiger partial charge in [0.2, 0.25) is 0 Å². The Bertz CT molecular complexity index is 1290. The van der Waals surface area contributed by atoms with Crippen LogP contribution in [0, 0.1) is 0 Å². The van der Waals surface area contributed by atoms with E-state index >= 15 is 0 Å². The van der Waals surface area contributed by atoms with Gasteiger partial charge >= 0.3 is 0 Å². The summed E-state index contributed by atoms with van der Waals surface area (Å²) >= 11 is 0. The maximum absolute atomic E-state index is 10.4. The highest BCUT2D eigenvalue weighted by atomic mass is 16.6. The molecule has 2 radical (unpaired) electrons. The molecule has 0 aromatic heterocycles. The Morgan fingerprint density at radius 1 is 1.00 bits per heavy atom. The molecular formula is C27H29BO5. The van der Waals surface area contributed by atoms with Gasteiger partial charge in [-0.15, -0.1) is 0 Å². The summed E-state index contributed by atoms with van der Waals surface area (Å²) < 4.78 is 17.2. The zero-order chi connectivity index (χ0) is 23.5. The Labute approximate surface area is 195 Å². The predicted molar refractivity (Wildman–Crippen MR) is 131 cm³/mol. The van der Waals surface area contributed by atoms with Gasteiger partial charge in [0.05, 0.1) is 20.3 Å². The third-order valence-electron chi connectivity index (χ3n) is 6.83. The second-order valence-electron chi connectivity index (χ2n) is 9.97. The van der Waals surface area contributed by atoms with Crippen molar-refractivity contribution in [2.45, 2.75) is 57.1 Å². The molecule has 2 N–H and O–H groups in total. The lowest BCUT2D eigenvalue weighted by molar-refractivity contribution is -0.0351. The van der Waals surface area contributed by atoms with Gasteiger partial charge in [0.1, 0.15) is 31.9 Å². The zero-order valence-electron chi connectivity index (χ0n) is 19.5. The van der Waals surface area contributed by atoms with E-state index in [1.54, 1.807) is 7.11 Å². The SMILES string of the molecule is [B]C1OC(CO)C(O)C1OCc1cc(OC)c2ccc3cc(C(C)(C)C)cc4ccc1c2c43. The molecule has 0 spiro atoms. The molecule has 4 unspecified atom stereocenters. The summed E-state index contributed by atoms with van der Waals surface area (Å²) in [7, 11) is 7.66. The van der Waals surface area contributed by atoms with Crippen molar-refractivity contribution in [2.24, 2.45) is 0 Å². The molecule has 1 aliphatic heterocycles. The molecule has 5 rings (SSSR count). The number of hydrogen-bond acceptors (Lipinski definition) is 5. The summed E-state index contributed by atoms with van der Waals surface area (Å²) in [6.07, 6.45) is -2.44. The van der Waals surface area contributed by atoms with Crippen molar-refractivity contribution in [3.05, 3.63) is 53.6 Å². The summed E-state index contributed by atoms with van der Waals surface area (Å²) in [6, 6.07) is 14.3. The van der Waals surface area contributed by atoms with Crippen LogP contribution in [0.1, 0.15) is 31.9 Å². The van der Waals surface area contributed by atoms with Crippen LogP contribution in [-0.4, -0.2) is 56.1 Å². The number of aliphatic hydroxyl groups excluding tert-OH is 2. The number of rotatable bonds is 5. The first-order valence-electron chi connectivity index (χ1n) is 11.3. The minimum Gasteiger partial charge on any atom is -0.496 e. The molecule has 33 heavy (non-hydrogen) atoms. The third-order valence-corrected chi connectivity index (χ3v) is 6.83. The highest BCUT2D eigenvalue weighted by Crippen LogP contribution is 2.42. The van der Waals surface area contributed by atoms with Crippen molar-refractivity contribution in [1.82, 2.24) is 0 Å². The molecular weight excluding hydrogens is 415 g/mol. The van der Waals surface area contributed by atoms with E-state index in [2.05, 4.69) is 57.2 Å². The Morgan fingerprint density at radius 2 is 1.67 bits per heavy atom. The van der Waals surface area contributed by atoms with Crippen LogP contribution in [-0.2, 0) is 21.5 Å². The topological polar surface area (TPSA) is 68.2 Å². The number of aliphatic hydroxyl groups is 2. The maximum Gasteiger partial charge on any atom is 0.127 e. The summed E-state index contributed by atoms with van der Waals surface area (Å²) in [5.74, 6) is 0.774. The van der Waals surface area contributed by atoms with E-state index < -0.39 is 24.3 Å². The molecule has 4 aromatic carbocycles. The van der Waals surface area contributed by atoms with Crippen LogP contribution in [0.5, 0.6) is 5.75 Å². The molecule has 1 heterocycles. The largest absolute Gasteiger partial charge is 0.496 e. The average Bonchev–Trinajstić information content (AvgIpc) is 3.07. The lowest BCUT2D eigenvalue weighted by Gasteiger charge is -2.23. The van der Waals surface area contributed by atoms with Crippen LogP contribution < -0.4 is 4.74 Å². The Morgan fingerprint density at radius 3 is 2.24 bits per heavy atom. The molecule has 6 heteroatoms. The number of benzene rings is 4. The molecule has 0 aliphatic carbocycles. The summed E-state index contributed by atoms with van der Waals surface area (Å²) in [4.78, 5) is 0. The minimum atomic E-state index is -0.984. The monoisotopic (exact) mass is 444 g/mol. The molecule has 0 bridgehead atoms.